The molecule has 1 aromatic rings. The highest BCUT2D eigenvalue weighted by atomic mass is 32.2. The van der Waals surface area contributed by atoms with Crippen molar-refractivity contribution in [1.82, 2.24) is 9.21 Å². The molecule has 1 N–H and O–H groups in total. The lowest BCUT2D eigenvalue weighted by atomic mass is 10.2. The average Bonchev–Trinajstić information content (AvgIpc) is 2.79. The standard InChI is InChI=1S/C14H22N2O4S/c1-15(2)9-11-8-12(17)10-16(11)21(18,19)14-6-4-13(20-3)5-7-14/h4-7,11-12,17H,8-10H2,1-3H3. The van der Waals surface area contributed by atoms with Crippen molar-refractivity contribution < 1.29 is 18.3 Å². The van der Waals surface area contributed by atoms with E-state index in [4.69, 9.17) is 4.74 Å². The molecule has 1 heterocycles. The van der Waals surface area contributed by atoms with Crippen LogP contribution in [0, 0.1) is 0 Å². The number of hydrogen-bond donors (Lipinski definition) is 1. The van der Waals surface area contributed by atoms with Crippen molar-refractivity contribution in [2.45, 2.75) is 23.5 Å². The number of hydrogen-bond acceptors (Lipinski definition) is 5. The minimum absolute atomic E-state index is 0.146. The molecule has 1 aliphatic rings. The first-order valence-electron chi connectivity index (χ1n) is 6.83. The van der Waals surface area contributed by atoms with E-state index in [1.165, 1.54) is 23.5 Å². The van der Waals surface area contributed by atoms with Crippen LogP contribution in [-0.4, -0.2) is 69.2 Å². The predicted octanol–water partition coefficient (Wildman–Crippen LogP) is 0.381. The highest BCUT2D eigenvalue weighted by Crippen LogP contribution is 2.27. The van der Waals surface area contributed by atoms with Gasteiger partial charge in [-0.1, -0.05) is 0 Å². The van der Waals surface area contributed by atoms with Crippen molar-refractivity contribution in [3.8, 4) is 5.75 Å². The summed E-state index contributed by atoms with van der Waals surface area (Å²) in [6.07, 6.45) is -0.143. The molecule has 1 saturated heterocycles. The summed E-state index contributed by atoms with van der Waals surface area (Å²) in [5.74, 6) is 0.611. The predicted molar refractivity (Wildman–Crippen MR) is 79.9 cm³/mol. The Bertz CT molecular complexity index is 571. The molecule has 0 saturated carbocycles. The maximum Gasteiger partial charge on any atom is 0.243 e. The van der Waals surface area contributed by atoms with Crippen LogP contribution in [0.5, 0.6) is 5.75 Å². The molecule has 0 amide bonds. The fourth-order valence-corrected chi connectivity index (χ4v) is 4.29. The van der Waals surface area contributed by atoms with Gasteiger partial charge in [-0.05, 0) is 44.8 Å². The zero-order chi connectivity index (χ0) is 15.6. The van der Waals surface area contributed by atoms with Gasteiger partial charge in [-0.15, -0.1) is 0 Å². The lowest BCUT2D eigenvalue weighted by Crippen LogP contribution is -2.41. The average molecular weight is 314 g/mol. The van der Waals surface area contributed by atoms with Crippen LogP contribution in [0.15, 0.2) is 29.2 Å². The molecule has 2 rings (SSSR count). The third-order valence-electron chi connectivity index (χ3n) is 3.58. The quantitative estimate of drug-likeness (QED) is 0.851. The summed E-state index contributed by atoms with van der Waals surface area (Å²) in [7, 11) is 1.72. The lowest BCUT2D eigenvalue weighted by molar-refractivity contribution is 0.188. The van der Waals surface area contributed by atoms with Gasteiger partial charge >= 0.3 is 0 Å². The molecule has 2 unspecified atom stereocenters. The van der Waals surface area contributed by atoms with E-state index >= 15 is 0 Å². The summed E-state index contributed by atoms with van der Waals surface area (Å²) >= 11 is 0. The summed E-state index contributed by atoms with van der Waals surface area (Å²) in [4.78, 5) is 2.15. The topological polar surface area (TPSA) is 70.1 Å². The van der Waals surface area contributed by atoms with Gasteiger partial charge in [0.25, 0.3) is 0 Å². The Labute approximate surface area is 126 Å². The van der Waals surface area contributed by atoms with Crippen LogP contribution in [-0.2, 0) is 10.0 Å². The largest absolute Gasteiger partial charge is 0.497 e. The molecule has 21 heavy (non-hydrogen) atoms. The molecule has 0 bridgehead atoms. The number of methoxy groups -OCH3 is 1. The Morgan fingerprint density at radius 2 is 1.95 bits per heavy atom. The fourth-order valence-electron chi connectivity index (χ4n) is 2.63. The van der Waals surface area contributed by atoms with Crippen molar-refractivity contribution >= 4 is 10.0 Å². The third kappa shape index (κ3) is 3.55. The van der Waals surface area contributed by atoms with Gasteiger partial charge < -0.3 is 14.7 Å². The van der Waals surface area contributed by atoms with E-state index in [9.17, 15) is 13.5 Å². The monoisotopic (exact) mass is 314 g/mol. The second-order valence-corrected chi connectivity index (χ2v) is 7.45. The van der Waals surface area contributed by atoms with Crippen LogP contribution in [0.3, 0.4) is 0 Å². The number of sulfonamides is 1. The molecular weight excluding hydrogens is 292 g/mol. The molecule has 1 aliphatic heterocycles. The van der Waals surface area contributed by atoms with E-state index in [1.807, 2.05) is 19.0 Å². The second kappa shape index (κ2) is 6.31. The van der Waals surface area contributed by atoms with Crippen LogP contribution in [0.2, 0.25) is 0 Å². The van der Waals surface area contributed by atoms with Gasteiger partial charge in [-0.2, -0.15) is 4.31 Å². The van der Waals surface area contributed by atoms with Gasteiger partial charge in [0.1, 0.15) is 5.75 Å². The third-order valence-corrected chi connectivity index (χ3v) is 5.52. The first-order chi connectivity index (χ1) is 9.84. The number of nitrogens with zero attached hydrogens (tertiary/aromatic N) is 2. The van der Waals surface area contributed by atoms with Crippen LogP contribution < -0.4 is 4.74 Å². The Morgan fingerprint density at radius 3 is 2.48 bits per heavy atom. The minimum Gasteiger partial charge on any atom is -0.497 e. The molecule has 1 fully saturated rings. The zero-order valence-corrected chi connectivity index (χ0v) is 13.4. The van der Waals surface area contributed by atoms with Crippen molar-refractivity contribution in [2.24, 2.45) is 0 Å². The van der Waals surface area contributed by atoms with Crippen LogP contribution in [0.1, 0.15) is 6.42 Å². The molecule has 0 spiro atoms. The number of aliphatic hydroxyl groups is 1. The summed E-state index contributed by atoms with van der Waals surface area (Å²) in [5, 5.41) is 9.83. The van der Waals surface area contributed by atoms with E-state index in [0.29, 0.717) is 18.7 Å². The number of aliphatic hydroxyl groups excluding tert-OH is 1. The number of likely N-dealkylation sites (N-methyl/N-ethyl adjacent to an activating group) is 1. The molecule has 118 valence electrons. The molecule has 0 aliphatic carbocycles. The van der Waals surface area contributed by atoms with Crippen molar-refractivity contribution in [3.63, 3.8) is 0 Å². The van der Waals surface area contributed by atoms with E-state index in [2.05, 4.69) is 0 Å². The van der Waals surface area contributed by atoms with Gasteiger partial charge in [0.2, 0.25) is 10.0 Å². The highest BCUT2D eigenvalue weighted by molar-refractivity contribution is 7.89. The van der Waals surface area contributed by atoms with E-state index in [1.54, 1.807) is 12.1 Å². The molecule has 7 heteroatoms. The van der Waals surface area contributed by atoms with Crippen molar-refractivity contribution in [1.29, 1.82) is 0 Å². The minimum atomic E-state index is -3.60. The lowest BCUT2D eigenvalue weighted by Gasteiger charge is -2.26. The number of β-amino-alcohol motifs (C(OH)–C–C–N with tert-alkyl or cyclic N) is 1. The molecule has 1 aromatic carbocycles. The zero-order valence-electron chi connectivity index (χ0n) is 12.6. The smallest absolute Gasteiger partial charge is 0.243 e. The first-order valence-corrected chi connectivity index (χ1v) is 8.27. The SMILES string of the molecule is COc1ccc(S(=O)(=O)N2CC(O)CC2CN(C)C)cc1. The maximum atomic E-state index is 12.7. The van der Waals surface area contributed by atoms with E-state index in [0.717, 1.165) is 0 Å². The molecule has 0 aromatic heterocycles. The molecule has 2 atom stereocenters. The van der Waals surface area contributed by atoms with Crippen molar-refractivity contribution in [2.75, 3.05) is 34.3 Å². The van der Waals surface area contributed by atoms with Crippen LogP contribution >= 0.6 is 0 Å². The Morgan fingerprint density at radius 1 is 1.33 bits per heavy atom. The molecule has 0 radical (unpaired) electrons. The molecule has 6 nitrogen and oxygen atoms in total. The van der Waals surface area contributed by atoms with Gasteiger partial charge in [0, 0.05) is 19.1 Å². The van der Waals surface area contributed by atoms with Crippen LogP contribution in [0.4, 0.5) is 0 Å². The maximum absolute atomic E-state index is 12.7. The van der Waals surface area contributed by atoms with E-state index in [-0.39, 0.29) is 17.5 Å². The summed E-state index contributed by atoms with van der Waals surface area (Å²) in [5.41, 5.74) is 0. The van der Waals surface area contributed by atoms with E-state index < -0.39 is 16.1 Å². The Balaban J connectivity index is 2.27. The number of rotatable bonds is 5. The Kier molecular flexibility index (Phi) is 4.88. The van der Waals surface area contributed by atoms with Crippen molar-refractivity contribution in [3.05, 3.63) is 24.3 Å². The Hall–Kier alpha value is -1.15. The summed E-state index contributed by atoms with van der Waals surface area (Å²) < 4.78 is 31.9. The highest BCUT2D eigenvalue weighted by Gasteiger charge is 2.39. The fraction of sp³-hybridized carbons (Fsp3) is 0.571. The van der Waals surface area contributed by atoms with Gasteiger partial charge in [-0.3, -0.25) is 0 Å². The molecular formula is C14H22N2O4S. The van der Waals surface area contributed by atoms with Crippen LogP contribution in [0.25, 0.3) is 0 Å². The van der Waals surface area contributed by atoms with Gasteiger partial charge in [-0.25, -0.2) is 8.42 Å². The number of ether oxygens (including phenoxy) is 1. The number of benzene rings is 1. The summed E-state index contributed by atoms with van der Waals surface area (Å²) in [6, 6.07) is 6.11. The summed E-state index contributed by atoms with van der Waals surface area (Å²) in [6.45, 7) is 0.735. The van der Waals surface area contributed by atoms with Gasteiger partial charge in [0.05, 0.1) is 18.1 Å². The second-order valence-electron chi connectivity index (χ2n) is 5.56. The first kappa shape index (κ1) is 16.2. The normalized spacial score (nSPS) is 23.7. The van der Waals surface area contributed by atoms with Gasteiger partial charge in [0.15, 0.2) is 0 Å².